The molecule has 0 saturated carbocycles. The summed E-state index contributed by atoms with van der Waals surface area (Å²) in [5.41, 5.74) is 0.628. The average molecular weight is 183 g/mol. The molecule has 0 aromatic heterocycles. The molecule has 3 heteroatoms. The Labute approximate surface area is 75.1 Å². The van der Waals surface area contributed by atoms with Crippen LogP contribution in [0.4, 0.5) is 0 Å². The van der Waals surface area contributed by atoms with E-state index in [4.69, 9.17) is 16.7 Å². The van der Waals surface area contributed by atoms with Crippen molar-refractivity contribution in [3.05, 3.63) is 34.9 Å². The van der Waals surface area contributed by atoms with E-state index in [0.29, 0.717) is 11.8 Å². The Balaban J connectivity index is 3.07. The quantitative estimate of drug-likeness (QED) is 0.563. The summed E-state index contributed by atoms with van der Waals surface area (Å²) in [7, 11) is 0. The van der Waals surface area contributed by atoms with Crippen molar-refractivity contribution >= 4 is 24.0 Å². The minimum atomic E-state index is 0.0183. The molecular weight excluding hydrogens is 176 g/mol. The Morgan fingerprint density at radius 3 is 2.83 bits per heavy atom. The van der Waals surface area contributed by atoms with Crippen molar-refractivity contribution in [2.75, 3.05) is 0 Å². The topological polar surface area (TPSA) is 37.3 Å². The fourth-order valence-electron chi connectivity index (χ4n) is 0.809. The lowest BCUT2D eigenvalue weighted by Crippen LogP contribution is -1.75. The van der Waals surface area contributed by atoms with Gasteiger partial charge in [-0.1, -0.05) is 29.8 Å². The van der Waals surface area contributed by atoms with Gasteiger partial charge in [0, 0.05) is 0 Å². The van der Waals surface area contributed by atoms with E-state index in [-0.39, 0.29) is 10.8 Å². The lowest BCUT2D eigenvalue weighted by atomic mass is 10.2. The number of phenols is 1. The molecule has 1 aromatic rings. The van der Waals surface area contributed by atoms with E-state index >= 15 is 0 Å². The molecule has 12 heavy (non-hydrogen) atoms. The lowest BCUT2D eigenvalue weighted by molar-refractivity contribution is -0.104. The molecule has 0 aliphatic heterocycles. The monoisotopic (exact) mass is 182 g/mol. The third-order valence-corrected chi connectivity index (χ3v) is 1.77. The molecule has 0 saturated heterocycles. The molecule has 0 unspecified atom stereocenters. The summed E-state index contributed by atoms with van der Waals surface area (Å²) in [6.45, 7) is 0. The summed E-state index contributed by atoms with van der Waals surface area (Å²) in [6, 6.07) is 4.86. The van der Waals surface area contributed by atoms with Crippen LogP contribution in [0.2, 0.25) is 5.02 Å². The summed E-state index contributed by atoms with van der Waals surface area (Å²) in [4.78, 5) is 9.98. The zero-order valence-corrected chi connectivity index (χ0v) is 6.95. The highest BCUT2D eigenvalue weighted by Crippen LogP contribution is 2.27. The number of allylic oxidation sites excluding steroid dienone is 1. The van der Waals surface area contributed by atoms with Crippen molar-refractivity contribution in [2.24, 2.45) is 0 Å². The molecule has 0 spiro atoms. The van der Waals surface area contributed by atoms with Gasteiger partial charge in [0.15, 0.2) is 0 Å². The number of benzene rings is 1. The first-order valence-electron chi connectivity index (χ1n) is 3.35. The number of carbonyl (C=O) groups excluding carboxylic acids is 1. The zero-order chi connectivity index (χ0) is 8.97. The van der Waals surface area contributed by atoms with E-state index in [1.54, 1.807) is 12.1 Å². The van der Waals surface area contributed by atoms with Crippen LogP contribution in [0.25, 0.3) is 6.08 Å². The van der Waals surface area contributed by atoms with Gasteiger partial charge in [-0.15, -0.1) is 0 Å². The minimum Gasteiger partial charge on any atom is -0.506 e. The number of aromatic hydroxyl groups is 1. The molecular formula is C9H7ClO2. The van der Waals surface area contributed by atoms with E-state index in [0.717, 1.165) is 0 Å². The molecule has 0 amide bonds. The van der Waals surface area contributed by atoms with Gasteiger partial charge >= 0.3 is 0 Å². The summed E-state index contributed by atoms with van der Waals surface area (Å²) < 4.78 is 0. The predicted octanol–water partition coefficient (Wildman–Crippen LogP) is 2.26. The second kappa shape index (κ2) is 3.93. The van der Waals surface area contributed by atoms with E-state index in [1.165, 1.54) is 18.2 Å². The first kappa shape index (κ1) is 8.81. The Morgan fingerprint density at radius 1 is 1.42 bits per heavy atom. The van der Waals surface area contributed by atoms with Gasteiger partial charge in [-0.2, -0.15) is 0 Å². The van der Waals surface area contributed by atoms with Crippen LogP contribution in [-0.4, -0.2) is 11.4 Å². The smallest absolute Gasteiger partial charge is 0.142 e. The Bertz CT molecular complexity index is 318. The van der Waals surface area contributed by atoms with Crippen LogP contribution >= 0.6 is 11.6 Å². The van der Waals surface area contributed by atoms with Gasteiger partial charge in [0.05, 0.1) is 5.02 Å². The highest BCUT2D eigenvalue weighted by Gasteiger charge is 2.00. The average Bonchev–Trinajstić information content (AvgIpc) is 2.08. The van der Waals surface area contributed by atoms with Crippen LogP contribution < -0.4 is 0 Å². The van der Waals surface area contributed by atoms with Crippen LogP contribution in [0.1, 0.15) is 5.56 Å². The molecule has 0 bridgehead atoms. The van der Waals surface area contributed by atoms with Crippen molar-refractivity contribution in [1.82, 2.24) is 0 Å². The SMILES string of the molecule is O=CC=Cc1cccc(O)c1Cl. The molecule has 1 aromatic carbocycles. The van der Waals surface area contributed by atoms with Crippen molar-refractivity contribution in [3.63, 3.8) is 0 Å². The summed E-state index contributed by atoms with van der Waals surface area (Å²) >= 11 is 5.71. The number of hydrogen-bond donors (Lipinski definition) is 1. The minimum absolute atomic E-state index is 0.0183. The molecule has 1 rings (SSSR count). The number of phenolic OH excluding ortho intramolecular Hbond substituents is 1. The van der Waals surface area contributed by atoms with E-state index in [9.17, 15) is 4.79 Å². The maximum absolute atomic E-state index is 9.98. The third-order valence-electron chi connectivity index (χ3n) is 1.36. The fraction of sp³-hybridized carbons (Fsp3) is 0. The van der Waals surface area contributed by atoms with Crippen LogP contribution in [0, 0.1) is 0 Å². The van der Waals surface area contributed by atoms with Crippen LogP contribution in [0.15, 0.2) is 24.3 Å². The Hall–Kier alpha value is -1.28. The second-order valence-corrected chi connectivity index (χ2v) is 2.55. The summed E-state index contributed by atoms with van der Waals surface area (Å²) in [6.07, 6.45) is 3.51. The maximum Gasteiger partial charge on any atom is 0.142 e. The number of aldehydes is 1. The summed E-state index contributed by atoms with van der Waals surface area (Å²) in [5, 5.41) is 9.41. The van der Waals surface area contributed by atoms with Crippen molar-refractivity contribution < 1.29 is 9.90 Å². The van der Waals surface area contributed by atoms with Gasteiger partial charge in [-0.3, -0.25) is 4.79 Å². The normalized spacial score (nSPS) is 10.4. The van der Waals surface area contributed by atoms with Crippen molar-refractivity contribution in [1.29, 1.82) is 0 Å². The third kappa shape index (κ3) is 1.86. The summed E-state index contributed by atoms with van der Waals surface area (Å²) in [5.74, 6) is 0.0183. The number of hydrogen-bond acceptors (Lipinski definition) is 2. The Kier molecular flexibility index (Phi) is 2.88. The van der Waals surface area contributed by atoms with Crippen molar-refractivity contribution in [3.8, 4) is 5.75 Å². The van der Waals surface area contributed by atoms with Gasteiger partial charge in [-0.25, -0.2) is 0 Å². The molecule has 62 valence electrons. The second-order valence-electron chi connectivity index (χ2n) is 2.18. The van der Waals surface area contributed by atoms with Crippen LogP contribution in [-0.2, 0) is 4.79 Å². The van der Waals surface area contributed by atoms with Gasteiger partial charge in [0.2, 0.25) is 0 Å². The van der Waals surface area contributed by atoms with Gasteiger partial charge in [0.1, 0.15) is 12.0 Å². The van der Waals surface area contributed by atoms with Gasteiger partial charge in [-0.05, 0) is 17.7 Å². The molecule has 0 radical (unpaired) electrons. The number of carbonyl (C=O) groups is 1. The molecule has 2 nitrogen and oxygen atoms in total. The molecule has 0 fully saturated rings. The molecule has 1 N–H and O–H groups in total. The van der Waals surface area contributed by atoms with E-state index in [2.05, 4.69) is 0 Å². The number of rotatable bonds is 2. The van der Waals surface area contributed by atoms with Crippen molar-refractivity contribution in [2.45, 2.75) is 0 Å². The highest BCUT2D eigenvalue weighted by atomic mass is 35.5. The zero-order valence-electron chi connectivity index (χ0n) is 6.20. The van der Waals surface area contributed by atoms with E-state index in [1.807, 2.05) is 0 Å². The molecule has 0 atom stereocenters. The fourth-order valence-corrected chi connectivity index (χ4v) is 0.998. The molecule has 0 aliphatic rings. The molecule has 0 aliphatic carbocycles. The Morgan fingerprint density at radius 2 is 2.17 bits per heavy atom. The van der Waals surface area contributed by atoms with E-state index < -0.39 is 0 Å². The van der Waals surface area contributed by atoms with Crippen LogP contribution in [0.5, 0.6) is 5.75 Å². The first-order valence-corrected chi connectivity index (χ1v) is 3.73. The largest absolute Gasteiger partial charge is 0.506 e. The predicted molar refractivity (Wildman–Crippen MR) is 48.2 cm³/mol. The van der Waals surface area contributed by atoms with Crippen LogP contribution in [0.3, 0.4) is 0 Å². The number of halogens is 1. The lowest BCUT2D eigenvalue weighted by Gasteiger charge is -1.98. The maximum atomic E-state index is 9.98. The van der Waals surface area contributed by atoms with Gasteiger partial charge in [0.25, 0.3) is 0 Å². The molecule has 0 heterocycles. The standard InChI is InChI=1S/C9H7ClO2/c10-9-7(4-2-6-11)3-1-5-8(9)12/h1-6,12H. The van der Waals surface area contributed by atoms with Gasteiger partial charge < -0.3 is 5.11 Å². The first-order chi connectivity index (χ1) is 5.75. The highest BCUT2D eigenvalue weighted by molar-refractivity contribution is 6.33.